The summed E-state index contributed by atoms with van der Waals surface area (Å²) >= 11 is 0. The van der Waals surface area contributed by atoms with Gasteiger partial charge in [0, 0.05) is 46.6 Å². The monoisotopic (exact) mass is 597 g/mol. The Hall–Kier alpha value is -6.35. The smallest absolute Gasteiger partial charge is 0.155 e. The molecule has 2 N–H and O–H groups in total. The van der Waals surface area contributed by atoms with Crippen molar-refractivity contribution in [2.24, 2.45) is 4.99 Å². The second-order valence-corrected chi connectivity index (χ2v) is 11.2. The van der Waals surface area contributed by atoms with E-state index in [2.05, 4.69) is 95.4 Å². The van der Waals surface area contributed by atoms with Crippen molar-refractivity contribution < 1.29 is 0 Å². The minimum Gasteiger partial charge on any atom is -0.337 e. The fraction of sp³-hybridized carbons (Fsp3) is 0.0541. The molecule has 0 saturated heterocycles. The average Bonchev–Trinajstić information content (AvgIpc) is 3.63. The van der Waals surface area contributed by atoms with E-state index in [0.29, 0.717) is 11.6 Å². The highest BCUT2D eigenvalue weighted by molar-refractivity contribution is 6.10. The quantitative estimate of drug-likeness (QED) is 0.208. The Labute approximate surface area is 263 Å². The summed E-state index contributed by atoms with van der Waals surface area (Å²) in [6.07, 6.45) is 14.1. The summed E-state index contributed by atoms with van der Waals surface area (Å²) in [6, 6.07) is 30.8. The number of aliphatic imine (C=N–C) groups is 1. The molecule has 0 spiro atoms. The minimum atomic E-state index is -0.127. The number of anilines is 3. The van der Waals surface area contributed by atoms with Crippen molar-refractivity contribution in [3.05, 3.63) is 134 Å². The molecule has 1 atom stereocenters. The van der Waals surface area contributed by atoms with E-state index in [-0.39, 0.29) is 6.17 Å². The third-order valence-corrected chi connectivity index (χ3v) is 8.48. The van der Waals surface area contributed by atoms with Crippen LogP contribution in [0.5, 0.6) is 0 Å². The van der Waals surface area contributed by atoms with E-state index in [9.17, 15) is 0 Å². The van der Waals surface area contributed by atoms with Crippen LogP contribution >= 0.6 is 0 Å². The van der Waals surface area contributed by atoms with E-state index in [1.807, 2.05) is 67.3 Å². The maximum atomic E-state index is 5.13. The first-order chi connectivity index (χ1) is 22.8. The normalized spacial score (nSPS) is 14.7. The van der Waals surface area contributed by atoms with Gasteiger partial charge in [0.2, 0.25) is 0 Å². The predicted octanol–water partition coefficient (Wildman–Crippen LogP) is 8.18. The molecule has 0 bridgehead atoms. The number of nitrogens with zero attached hydrogens (tertiary/aromatic N) is 7. The SMILES string of the molecule is C1=CC(Nc2ncccc2Nc2cccc(-n3c4ccccc4c4ccncc43)n2)=NC(n2c3ccccc3c3ccncc32)C1. The van der Waals surface area contributed by atoms with Gasteiger partial charge in [-0.3, -0.25) is 14.5 Å². The van der Waals surface area contributed by atoms with E-state index >= 15 is 0 Å². The zero-order valence-electron chi connectivity index (χ0n) is 24.6. The third-order valence-electron chi connectivity index (χ3n) is 8.48. The molecule has 0 radical (unpaired) electrons. The van der Waals surface area contributed by atoms with E-state index in [0.717, 1.165) is 56.6 Å². The molecular weight excluding hydrogens is 570 g/mol. The number of rotatable bonds is 5. The van der Waals surface area contributed by atoms with Crippen LogP contribution in [0.3, 0.4) is 0 Å². The van der Waals surface area contributed by atoms with Gasteiger partial charge in [-0.2, -0.15) is 0 Å². The molecule has 0 fully saturated rings. The molecule has 7 heterocycles. The summed E-state index contributed by atoms with van der Waals surface area (Å²) in [7, 11) is 0. The largest absolute Gasteiger partial charge is 0.337 e. The predicted molar refractivity (Wildman–Crippen MR) is 185 cm³/mol. The van der Waals surface area contributed by atoms with Crippen LogP contribution in [0, 0.1) is 0 Å². The number of amidine groups is 1. The molecule has 9 nitrogen and oxygen atoms in total. The third kappa shape index (κ3) is 4.28. The van der Waals surface area contributed by atoms with Gasteiger partial charge in [-0.25, -0.2) is 15.0 Å². The molecular formula is C37H27N9. The van der Waals surface area contributed by atoms with Crippen molar-refractivity contribution in [1.82, 2.24) is 29.1 Å². The molecule has 2 aromatic carbocycles. The zero-order valence-corrected chi connectivity index (χ0v) is 24.6. The minimum absolute atomic E-state index is 0.127. The van der Waals surface area contributed by atoms with Crippen LogP contribution in [0.4, 0.5) is 17.3 Å². The number of pyridine rings is 4. The van der Waals surface area contributed by atoms with Crippen molar-refractivity contribution in [3.8, 4) is 5.82 Å². The van der Waals surface area contributed by atoms with Gasteiger partial charge in [-0.1, -0.05) is 48.5 Å². The lowest BCUT2D eigenvalue weighted by molar-refractivity contribution is 0.559. The molecule has 1 aliphatic heterocycles. The van der Waals surface area contributed by atoms with Gasteiger partial charge >= 0.3 is 0 Å². The van der Waals surface area contributed by atoms with Gasteiger partial charge in [0.15, 0.2) is 5.82 Å². The van der Waals surface area contributed by atoms with E-state index < -0.39 is 0 Å². The van der Waals surface area contributed by atoms with Crippen molar-refractivity contribution in [2.75, 3.05) is 10.6 Å². The number of dihydropyridines is 1. The van der Waals surface area contributed by atoms with Crippen LogP contribution in [0.25, 0.3) is 49.4 Å². The molecule has 0 saturated carbocycles. The lowest BCUT2D eigenvalue weighted by Gasteiger charge is -2.21. The van der Waals surface area contributed by atoms with Crippen molar-refractivity contribution >= 4 is 66.8 Å². The summed E-state index contributed by atoms with van der Waals surface area (Å²) in [5.74, 6) is 2.88. The topological polar surface area (TPSA) is 97.8 Å². The summed E-state index contributed by atoms with van der Waals surface area (Å²) in [5, 5.41) is 11.6. The van der Waals surface area contributed by atoms with Crippen LogP contribution in [-0.4, -0.2) is 34.9 Å². The second-order valence-electron chi connectivity index (χ2n) is 11.2. The van der Waals surface area contributed by atoms with Gasteiger partial charge in [0.25, 0.3) is 0 Å². The number of hydrogen-bond acceptors (Lipinski definition) is 7. The molecule has 220 valence electrons. The molecule has 0 amide bonds. The van der Waals surface area contributed by atoms with Crippen LogP contribution < -0.4 is 10.6 Å². The van der Waals surface area contributed by atoms with Crippen molar-refractivity contribution in [2.45, 2.75) is 12.6 Å². The Kier molecular flexibility index (Phi) is 6.05. The molecule has 9 rings (SSSR count). The van der Waals surface area contributed by atoms with Gasteiger partial charge in [-0.15, -0.1) is 0 Å². The lowest BCUT2D eigenvalue weighted by Crippen LogP contribution is -2.18. The average molecular weight is 598 g/mol. The van der Waals surface area contributed by atoms with E-state index in [1.54, 1.807) is 6.20 Å². The second kappa shape index (κ2) is 10.7. The molecule has 1 aliphatic rings. The number of para-hydroxylation sites is 2. The van der Waals surface area contributed by atoms with Crippen LogP contribution in [-0.2, 0) is 0 Å². The Bertz CT molecular complexity index is 2380. The fourth-order valence-corrected chi connectivity index (χ4v) is 6.51. The van der Waals surface area contributed by atoms with E-state index in [1.165, 1.54) is 10.8 Å². The molecule has 9 heteroatoms. The first-order valence-electron chi connectivity index (χ1n) is 15.2. The molecule has 8 aromatic rings. The number of hydrogen-bond donors (Lipinski definition) is 2. The summed E-state index contributed by atoms with van der Waals surface area (Å²) in [4.78, 5) is 23.6. The molecule has 46 heavy (non-hydrogen) atoms. The number of aromatic nitrogens is 6. The van der Waals surface area contributed by atoms with Crippen molar-refractivity contribution in [3.63, 3.8) is 0 Å². The Balaban J connectivity index is 1.05. The zero-order chi connectivity index (χ0) is 30.5. The summed E-state index contributed by atoms with van der Waals surface area (Å²) in [5.41, 5.74) is 5.08. The highest BCUT2D eigenvalue weighted by atomic mass is 15.2. The van der Waals surface area contributed by atoms with Crippen LogP contribution in [0.2, 0.25) is 0 Å². The first-order valence-corrected chi connectivity index (χ1v) is 15.2. The van der Waals surface area contributed by atoms with E-state index in [4.69, 9.17) is 9.98 Å². The standard InChI is InChI=1S/C37H27N9/c1-3-11-29-24(8-1)26-17-20-38-22-31(26)45(29)35-15-5-13-33(42-35)41-28-10-7-19-40-37(28)44-34-14-6-16-36(43-34)46-30-12-4-2-9-25(30)27-18-21-39-23-32(27)46/h1-15,17-23,36H,16H2,(H,41,42)(H,40,43,44). The van der Waals surface area contributed by atoms with Gasteiger partial charge in [0.1, 0.15) is 23.6 Å². The number of fused-ring (bicyclic) bond motifs is 6. The van der Waals surface area contributed by atoms with Gasteiger partial charge in [-0.05, 0) is 54.6 Å². The van der Waals surface area contributed by atoms with Crippen LogP contribution in [0.1, 0.15) is 12.6 Å². The Morgan fingerprint density at radius 2 is 1.37 bits per heavy atom. The number of nitrogens with one attached hydrogen (secondary N) is 2. The lowest BCUT2D eigenvalue weighted by atomic mass is 10.2. The van der Waals surface area contributed by atoms with Crippen LogP contribution in [0.15, 0.2) is 139 Å². The number of benzene rings is 2. The Morgan fingerprint density at radius 1 is 0.630 bits per heavy atom. The highest BCUT2D eigenvalue weighted by Crippen LogP contribution is 2.35. The highest BCUT2D eigenvalue weighted by Gasteiger charge is 2.20. The summed E-state index contributed by atoms with van der Waals surface area (Å²) < 4.78 is 4.43. The fourth-order valence-electron chi connectivity index (χ4n) is 6.51. The first kappa shape index (κ1) is 26.1. The Morgan fingerprint density at radius 3 is 2.24 bits per heavy atom. The molecule has 1 unspecified atom stereocenters. The summed E-state index contributed by atoms with van der Waals surface area (Å²) in [6.45, 7) is 0. The maximum Gasteiger partial charge on any atom is 0.155 e. The molecule has 0 aliphatic carbocycles. The van der Waals surface area contributed by atoms with Crippen molar-refractivity contribution in [1.29, 1.82) is 0 Å². The van der Waals surface area contributed by atoms with Gasteiger partial charge in [0.05, 0.1) is 40.1 Å². The van der Waals surface area contributed by atoms with Gasteiger partial charge < -0.3 is 15.2 Å². The maximum absolute atomic E-state index is 5.13. The molecule has 6 aromatic heterocycles.